The van der Waals surface area contributed by atoms with Crippen LogP contribution >= 0.6 is 0 Å². The first-order chi connectivity index (χ1) is 13.2. The first-order valence-electron chi connectivity index (χ1n) is 9.81. The summed E-state index contributed by atoms with van der Waals surface area (Å²) in [5.74, 6) is -0.498. The average Bonchev–Trinajstić information content (AvgIpc) is 3.06. The molecule has 0 bridgehead atoms. The molecule has 0 saturated carbocycles. The van der Waals surface area contributed by atoms with Gasteiger partial charge in [-0.25, -0.2) is 14.6 Å². The van der Waals surface area contributed by atoms with E-state index in [1.54, 1.807) is 23.2 Å². The number of carboxylic acid groups (broad SMARTS) is 1. The molecule has 28 heavy (non-hydrogen) atoms. The average molecular weight is 389 g/mol. The minimum atomic E-state index is -1.02. The predicted molar refractivity (Wildman–Crippen MR) is 109 cm³/mol. The molecule has 1 aromatic heterocycles. The molecule has 1 N–H and O–H groups in total. The minimum absolute atomic E-state index is 0.000354. The monoisotopic (exact) mass is 389 g/mol. The number of anilines is 1. The van der Waals surface area contributed by atoms with Gasteiger partial charge in [0.2, 0.25) is 0 Å². The van der Waals surface area contributed by atoms with Gasteiger partial charge in [0, 0.05) is 25.4 Å². The van der Waals surface area contributed by atoms with Crippen molar-refractivity contribution in [2.45, 2.75) is 58.6 Å². The number of unbranched alkanes of at least 4 members (excludes halogenated alkanes) is 1. The maximum Gasteiger partial charge on any atom is 0.416 e. The molecule has 1 saturated heterocycles. The van der Waals surface area contributed by atoms with Crippen molar-refractivity contribution in [3.63, 3.8) is 0 Å². The molecule has 7 heteroatoms. The summed E-state index contributed by atoms with van der Waals surface area (Å²) in [6, 6.07) is 3.49. The number of carbonyl (C=O) groups is 2. The molecule has 0 aromatic carbocycles. The molecule has 0 radical (unpaired) electrons. The quantitative estimate of drug-likeness (QED) is 0.714. The fourth-order valence-corrected chi connectivity index (χ4v) is 3.15. The van der Waals surface area contributed by atoms with E-state index in [1.165, 1.54) is 6.08 Å². The van der Waals surface area contributed by atoms with Crippen molar-refractivity contribution in [3.8, 4) is 0 Å². The summed E-state index contributed by atoms with van der Waals surface area (Å²) in [5.41, 5.74) is 0.0614. The summed E-state index contributed by atoms with van der Waals surface area (Å²) < 4.78 is 5.63. The van der Waals surface area contributed by atoms with Gasteiger partial charge in [0.1, 0.15) is 11.4 Å². The Bertz CT molecular complexity index is 695. The Morgan fingerprint density at radius 2 is 2.14 bits per heavy atom. The van der Waals surface area contributed by atoms with Crippen molar-refractivity contribution in [2.75, 3.05) is 24.5 Å². The molecule has 1 aromatic rings. The predicted octanol–water partition coefficient (Wildman–Crippen LogP) is 3.80. The van der Waals surface area contributed by atoms with Gasteiger partial charge in [0.05, 0.1) is 6.04 Å². The Morgan fingerprint density at radius 3 is 2.71 bits per heavy atom. The summed E-state index contributed by atoms with van der Waals surface area (Å²) in [6.07, 6.45) is 6.84. The first kappa shape index (κ1) is 21.9. The number of ether oxygens (including phenoxy) is 1. The van der Waals surface area contributed by atoms with Crippen molar-refractivity contribution < 1.29 is 19.4 Å². The maximum atomic E-state index is 12.9. The minimum Gasteiger partial charge on any atom is -0.478 e. The normalized spacial score (nSPS) is 17.8. The first-order valence-corrected chi connectivity index (χ1v) is 9.81. The molecule has 1 fully saturated rings. The van der Waals surface area contributed by atoms with Crippen LogP contribution in [0.1, 0.15) is 52.5 Å². The second kappa shape index (κ2) is 9.68. The van der Waals surface area contributed by atoms with Crippen LogP contribution in [0.5, 0.6) is 0 Å². The number of pyridine rings is 1. The van der Waals surface area contributed by atoms with E-state index in [0.717, 1.165) is 45.0 Å². The van der Waals surface area contributed by atoms with E-state index in [-0.39, 0.29) is 6.04 Å². The van der Waals surface area contributed by atoms with Gasteiger partial charge in [-0.1, -0.05) is 13.3 Å². The lowest BCUT2D eigenvalue weighted by Gasteiger charge is -2.31. The Hall–Kier alpha value is -2.41. The van der Waals surface area contributed by atoms with Crippen molar-refractivity contribution in [1.82, 2.24) is 9.88 Å². The highest BCUT2D eigenvalue weighted by Gasteiger charge is 2.34. The van der Waals surface area contributed by atoms with Gasteiger partial charge in [-0.15, -0.1) is 0 Å². The SMILES string of the molecule is CCCCN1CC[C@@H](N(C(=O)OC(C)(C)C)c2ccc(/C=C/C(=O)O)cn2)C1. The summed E-state index contributed by atoms with van der Waals surface area (Å²) in [6.45, 7) is 10.5. The Balaban J connectivity index is 2.21. The van der Waals surface area contributed by atoms with Crippen molar-refractivity contribution >= 4 is 24.0 Å². The second-order valence-corrected chi connectivity index (χ2v) is 8.07. The molecule has 1 amide bonds. The zero-order chi connectivity index (χ0) is 20.7. The number of carbonyl (C=O) groups excluding carboxylic acids is 1. The summed E-state index contributed by atoms with van der Waals surface area (Å²) in [5, 5.41) is 8.75. The molecule has 1 aliphatic rings. The molecular weight excluding hydrogens is 358 g/mol. The van der Waals surface area contributed by atoms with Crippen LogP contribution < -0.4 is 4.90 Å². The molecule has 0 spiro atoms. The highest BCUT2D eigenvalue weighted by atomic mass is 16.6. The van der Waals surface area contributed by atoms with Gasteiger partial charge in [-0.3, -0.25) is 4.90 Å². The summed E-state index contributed by atoms with van der Waals surface area (Å²) >= 11 is 0. The number of nitrogens with zero attached hydrogens (tertiary/aromatic N) is 3. The molecule has 7 nitrogen and oxygen atoms in total. The van der Waals surface area contributed by atoms with Crippen LogP contribution in [-0.4, -0.2) is 58.3 Å². The number of aromatic nitrogens is 1. The van der Waals surface area contributed by atoms with E-state index >= 15 is 0 Å². The summed E-state index contributed by atoms with van der Waals surface area (Å²) in [7, 11) is 0. The lowest BCUT2D eigenvalue weighted by atomic mass is 10.2. The fourth-order valence-electron chi connectivity index (χ4n) is 3.15. The van der Waals surface area contributed by atoms with Crippen LogP contribution in [0.4, 0.5) is 10.6 Å². The number of carboxylic acids is 1. The highest BCUT2D eigenvalue weighted by Crippen LogP contribution is 2.25. The van der Waals surface area contributed by atoms with Crippen LogP contribution in [0.15, 0.2) is 24.4 Å². The van der Waals surface area contributed by atoms with Crippen LogP contribution in [0, 0.1) is 0 Å². The zero-order valence-corrected chi connectivity index (χ0v) is 17.2. The van der Waals surface area contributed by atoms with Gasteiger partial charge < -0.3 is 14.7 Å². The topological polar surface area (TPSA) is 83.0 Å². The third-order valence-corrected chi connectivity index (χ3v) is 4.47. The van der Waals surface area contributed by atoms with Gasteiger partial charge in [-0.05, 0) is 63.9 Å². The van der Waals surface area contributed by atoms with E-state index in [4.69, 9.17) is 9.84 Å². The van der Waals surface area contributed by atoms with Crippen LogP contribution in [0.3, 0.4) is 0 Å². The number of likely N-dealkylation sites (tertiary alicyclic amines) is 1. The molecule has 2 heterocycles. The second-order valence-electron chi connectivity index (χ2n) is 8.07. The number of hydrogen-bond donors (Lipinski definition) is 1. The van der Waals surface area contributed by atoms with Gasteiger partial charge in [0.25, 0.3) is 0 Å². The third-order valence-electron chi connectivity index (χ3n) is 4.47. The van der Waals surface area contributed by atoms with Gasteiger partial charge in [-0.2, -0.15) is 0 Å². The van der Waals surface area contributed by atoms with E-state index in [2.05, 4.69) is 16.8 Å². The molecule has 0 aliphatic carbocycles. The maximum absolute atomic E-state index is 12.9. The summed E-state index contributed by atoms with van der Waals surface area (Å²) in [4.78, 5) is 32.0. The van der Waals surface area contributed by atoms with Crippen molar-refractivity contribution in [3.05, 3.63) is 30.0 Å². The fraction of sp³-hybridized carbons (Fsp3) is 0.571. The van der Waals surface area contributed by atoms with Crippen LogP contribution in [0.2, 0.25) is 0 Å². The largest absolute Gasteiger partial charge is 0.478 e. The number of hydrogen-bond acceptors (Lipinski definition) is 5. The Kier molecular flexibility index (Phi) is 7.57. The molecule has 1 aliphatic heterocycles. The molecule has 154 valence electrons. The Morgan fingerprint density at radius 1 is 1.39 bits per heavy atom. The standard InChI is InChI=1S/C21H31N3O4/c1-5-6-12-23-13-11-17(15-23)24(20(27)28-21(2,3)4)18-9-7-16(14-22-18)8-10-19(25)26/h7-10,14,17H,5-6,11-13,15H2,1-4H3,(H,25,26)/b10-8+/t17-/m1/s1. The Labute approximate surface area is 167 Å². The van der Waals surface area contributed by atoms with Crippen molar-refractivity contribution in [1.29, 1.82) is 0 Å². The molecule has 2 rings (SSSR count). The number of aliphatic carboxylic acids is 1. The van der Waals surface area contributed by atoms with Crippen molar-refractivity contribution in [2.24, 2.45) is 0 Å². The number of amides is 1. The highest BCUT2D eigenvalue weighted by molar-refractivity contribution is 5.88. The van der Waals surface area contributed by atoms with Gasteiger partial charge in [0.15, 0.2) is 0 Å². The lowest BCUT2D eigenvalue weighted by molar-refractivity contribution is -0.131. The zero-order valence-electron chi connectivity index (χ0n) is 17.2. The molecule has 1 atom stereocenters. The van der Waals surface area contributed by atoms with E-state index in [9.17, 15) is 9.59 Å². The van der Waals surface area contributed by atoms with Gasteiger partial charge >= 0.3 is 12.1 Å². The van der Waals surface area contributed by atoms with E-state index in [1.807, 2.05) is 20.8 Å². The third kappa shape index (κ3) is 6.64. The molecule has 0 unspecified atom stereocenters. The van der Waals surface area contributed by atoms with Crippen LogP contribution in [0.25, 0.3) is 6.08 Å². The smallest absolute Gasteiger partial charge is 0.416 e. The lowest BCUT2D eigenvalue weighted by Crippen LogP contribution is -2.45. The van der Waals surface area contributed by atoms with Crippen LogP contribution in [-0.2, 0) is 9.53 Å². The van der Waals surface area contributed by atoms with E-state index < -0.39 is 17.7 Å². The molecular formula is C21H31N3O4. The van der Waals surface area contributed by atoms with E-state index in [0.29, 0.717) is 11.4 Å². The number of rotatable bonds is 7.